The van der Waals surface area contributed by atoms with Crippen LogP contribution >= 0.6 is 11.8 Å². The lowest BCUT2D eigenvalue weighted by Crippen LogP contribution is -2.54. The van der Waals surface area contributed by atoms with Crippen molar-refractivity contribution in [2.45, 2.75) is 6.92 Å². The van der Waals surface area contributed by atoms with Gasteiger partial charge in [0.15, 0.2) is 0 Å². The Morgan fingerprint density at radius 1 is 1.42 bits per heavy atom. The molecule has 1 saturated heterocycles. The van der Waals surface area contributed by atoms with Crippen LogP contribution in [0.4, 0.5) is 0 Å². The SMILES string of the molecule is CSCC(C)C(=O)N1CCN(CCN(C)C)C(=O)C1. The van der Waals surface area contributed by atoms with Gasteiger partial charge in [0.25, 0.3) is 0 Å². The Morgan fingerprint density at radius 3 is 2.63 bits per heavy atom. The monoisotopic (exact) mass is 287 g/mol. The molecule has 2 amide bonds. The summed E-state index contributed by atoms with van der Waals surface area (Å²) in [7, 11) is 3.99. The van der Waals surface area contributed by atoms with E-state index in [9.17, 15) is 9.59 Å². The van der Waals surface area contributed by atoms with Crippen molar-refractivity contribution in [1.29, 1.82) is 0 Å². The number of hydrogen-bond donors (Lipinski definition) is 0. The van der Waals surface area contributed by atoms with Gasteiger partial charge in [0, 0.05) is 37.8 Å². The number of carbonyl (C=O) groups excluding carboxylic acids is 2. The summed E-state index contributed by atoms with van der Waals surface area (Å²) in [5.41, 5.74) is 0. The van der Waals surface area contributed by atoms with Gasteiger partial charge in [-0.15, -0.1) is 0 Å². The lowest BCUT2D eigenvalue weighted by Gasteiger charge is -2.36. The average Bonchev–Trinajstić information content (AvgIpc) is 2.36. The van der Waals surface area contributed by atoms with Gasteiger partial charge in [-0.3, -0.25) is 9.59 Å². The molecule has 0 N–H and O–H groups in total. The topological polar surface area (TPSA) is 43.9 Å². The smallest absolute Gasteiger partial charge is 0.242 e. The molecule has 1 aliphatic rings. The summed E-state index contributed by atoms with van der Waals surface area (Å²) in [5, 5.41) is 0. The first-order chi connectivity index (χ1) is 8.95. The molecular weight excluding hydrogens is 262 g/mol. The average molecular weight is 287 g/mol. The van der Waals surface area contributed by atoms with Crippen molar-refractivity contribution in [1.82, 2.24) is 14.7 Å². The fourth-order valence-electron chi connectivity index (χ4n) is 2.09. The van der Waals surface area contributed by atoms with E-state index in [1.807, 2.05) is 32.2 Å². The van der Waals surface area contributed by atoms with Crippen molar-refractivity contribution < 1.29 is 9.59 Å². The van der Waals surface area contributed by atoms with Crippen molar-refractivity contribution in [3.8, 4) is 0 Å². The first kappa shape index (κ1) is 16.3. The van der Waals surface area contributed by atoms with E-state index in [-0.39, 0.29) is 24.3 Å². The number of thioether (sulfide) groups is 1. The van der Waals surface area contributed by atoms with Gasteiger partial charge < -0.3 is 14.7 Å². The van der Waals surface area contributed by atoms with Crippen LogP contribution in [-0.2, 0) is 9.59 Å². The molecule has 1 heterocycles. The minimum atomic E-state index is -0.00359. The fourth-order valence-corrected chi connectivity index (χ4v) is 2.73. The van der Waals surface area contributed by atoms with Crippen LogP contribution in [0.15, 0.2) is 0 Å². The molecule has 0 aromatic rings. The first-order valence-electron chi connectivity index (χ1n) is 6.66. The molecule has 1 aliphatic heterocycles. The number of amides is 2. The van der Waals surface area contributed by atoms with Crippen LogP contribution in [0.2, 0.25) is 0 Å². The van der Waals surface area contributed by atoms with E-state index in [1.54, 1.807) is 16.7 Å². The van der Waals surface area contributed by atoms with Crippen molar-refractivity contribution in [2.75, 3.05) is 58.8 Å². The quantitative estimate of drug-likeness (QED) is 0.701. The summed E-state index contributed by atoms with van der Waals surface area (Å²) in [6.07, 6.45) is 1.99. The van der Waals surface area contributed by atoms with E-state index >= 15 is 0 Å². The summed E-state index contributed by atoms with van der Waals surface area (Å²) in [6, 6.07) is 0. The molecule has 1 unspecified atom stereocenters. The second kappa shape index (κ2) is 7.75. The normalized spacial score (nSPS) is 18.1. The zero-order valence-corrected chi connectivity index (χ0v) is 13.2. The number of likely N-dealkylation sites (N-methyl/N-ethyl adjacent to an activating group) is 1. The van der Waals surface area contributed by atoms with Gasteiger partial charge in [-0.1, -0.05) is 6.92 Å². The summed E-state index contributed by atoms with van der Waals surface area (Å²) in [4.78, 5) is 29.8. The van der Waals surface area contributed by atoms with Crippen LogP contribution in [0.25, 0.3) is 0 Å². The van der Waals surface area contributed by atoms with Crippen LogP contribution in [0.5, 0.6) is 0 Å². The zero-order chi connectivity index (χ0) is 14.4. The Morgan fingerprint density at radius 2 is 2.11 bits per heavy atom. The Hall–Kier alpha value is -0.750. The second-order valence-corrected chi connectivity index (χ2v) is 6.21. The van der Waals surface area contributed by atoms with Crippen LogP contribution in [0.3, 0.4) is 0 Å². The maximum Gasteiger partial charge on any atom is 0.242 e. The standard InChI is InChI=1S/C13H25N3O2S/c1-11(10-19-4)13(18)16-8-7-15(12(17)9-16)6-5-14(2)3/h11H,5-10H2,1-4H3. The molecule has 0 saturated carbocycles. The van der Waals surface area contributed by atoms with E-state index in [4.69, 9.17) is 0 Å². The predicted molar refractivity (Wildman–Crippen MR) is 79.3 cm³/mol. The molecule has 0 aromatic carbocycles. The lowest BCUT2D eigenvalue weighted by molar-refractivity contribution is -0.146. The van der Waals surface area contributed by atoms with Gasteiger partial charge in [0.2, 0.25) is 11.8 Å². The lowest BCUT2D eigenvalue weighted by atomic mass is 10.1. The maximum atomic E-state index is 12.1. The second-order valence-electron chi connectivity index (χ2n) is 5.30. The summed E-state index contributed by atoms with van der Waals surface area (Å²) in [5.74, 6) is 0.984. The van der Waals surface area contributed by atoms with Crippen LogP contribution < -0.4 is 0 Å². The molecular formula is C13H25N3O2S. The fraction of sp³-hybridized carbons (Fsp3) is 0.846. The van der Waals surface area contributed by atoms with Crippen LogP contribution in [-0.4, -0.2) is 85.3 Å². The molecule has 5 nitrogen and oxygen atoms in total. The molecule has 6 heteroatoms. The molecule has 1 rings (SSSR count). The van der Waals surface area contributed by atoms with E-state index in [0.717, 1.165) is 18.8 Å². The van der Waals surface area contributed by atoms with Gasteiger partial charge in [-0.2, -0.15) is 11.8 Å². The Kier molecular flexibility index (Phi) is 6.65. The highest BCUT2D eigenvalue weighted by Crippen LogP contribution is 2.12. The molecule has 1 atom stereocenters. The van der Waals surface area contributed by atoms with E-state index in [2.05, 4.69) is 4.90 Å². The van der Waals surface area contributed by atoms with E-state index < -0.39 is 0 Å². The zero-order valence-electron chi connectivity index (χ0n) is 12.4. The third-order valence-electron chi connectivity index (χ3n) is 3.29. The number of rotatable bonds is 6. The highest BCUT2D eigenvalue weighted by molar-refractivity contribution is 7.98. The first-order valence-corrected chi connectivity index (χ1v) is 8.05. The van der Waals surface area contributed by atoms with Crippen molar-refractivity contribution in [2.24, 2.45) is 5.92 Å². The van der Waals surface area contributed by atoms with E-state index in [1.165, 1.54) is 0 Å². The minimum Gasteiger partial charge on any atom is -0.338 e. The van der Waals surface area contributed by atoms with Gasteiger partial charge in [-0.05, 0) is 20.4 Å². The summed E-state index contributed by atoms with van der Waals surface area (Å²) >= 11 is 1.67. The highest BCUT2D eigenvalue weighted by Gasteiger charge is 2.28. The number of carbonyl (C=O) groups is 2. The molecule has 19 heavy (non-hydrogen) atoms. The van der Waals surface area contributed by atoms with Gasteiger partial charge in [0.05, 0.1) is 6.54 Å². The Bertz CT molecular complexity index is 323. The Balaban J connectivity index is 2.44. The third kappa shape index (κ3) is 5.03. The predicted octanol–water partition coefficient (Wildman–Crippen LogP) is 0.218. The van der Waals surface area contributed by atoms with Crippen molar-refractivity contribution in [3.63, 3.8) is 0 Å². The molecule has 0 spiro atoms. The third-order valence-corrected chi connectivity index (χ3v) is 4.12. The van der Waals surface area contributed by atoms with Crippen LogP contribution in [0.1, 0.15) is 6.92 Å². The summed E-state index contributed by atoms with van der Waals surface area (Å²) in [6.45, 7) is 5.10. The number of piperazine rings is 1. The molecule has 0 aliphatic carbocycles. The minimum absolute atomic E-state index is 0.00359. The molecule has 110 valence electrons. The Labute approximate surface area is 120 Å². The van der Waals surface area contributed by atoms with Gasteiger partial charge in [0.1, 0.15) is 0 Å². The number of nitrogens with zero attached hydrogens (tertiary/aromatic N) is 3. The molecule has 0 bridgehead atoms. The number of hydrogen-bond acceptors (Lipinski definition) is 4. The van der Waals surface area contributed by atoms with Crippen molar-refractivity contribution >= 4 is 23.6 Å². The largest absolute Gasteiger partial charge is 0.338 e. The summed E-state index contributed by atoms with van der Waals surface area (Å²) < 4.78 is 0. The highest BCUT2D eigenvalue weighted by atomic mass is 32.2. The van der Waals surface area contributed by atoms with Gasteiger partial charge in [-0.25, -0.2) is 0 Å². The maximum absolute atomic E-state index is 12.1. The molecule has 1 fully saturated rings. The van der Waals surface area contributed by atoms with Gasteiger partial charge >= 0.3 is 0 Å². The molecule has 0 radical (unpaired) electrons. The molecule has 0 aromatic heterocycles. The van der Waals surface area contributed by atoms with Crippen molar-refractivity contribution in [3.05, 3.63) is 0 Å². The van der Waals surface area contributed by atoms with Crippen LogP contribution in [0, 0.1) is 5.92 Å². The van der Waals surface area contributed by atoms with E-state index in [0.29, 0.717) is 13.1 Å².